The van der Waals surface area contributed by atoms with Crippen molar-refractivity contribution in [3.8, 4) is 5.75 Å². The molecule has 0 aliphatic rings. The van der Waals surface area contributed by atoms with Crippen molar-refractivity contribution in [2.24, 2.45) is 5.73 Å². The first-order valence-corrected chi connectivity index (χ1v) is 3.70. The first kappa shape index (κ1) is 12.6. The van der Waals surface area contributed by atoms with Crippen molar-refractivity contribution in [3.05, 3.63) is 29.8 Å². The maximum absolute atomic E-state index is 10.6. The number of carbonyl (C=O) groups is 1. The molecule has 0 radical (unpaired) electrons. The summed E-state index contributed by atoms with van der Waals surface area (Å²) in [6, 6.07) is 7.22. The maximum Gasteiger partial charge on any atom is 0.308 e. The van der Waals surface area contributed by atoms with Crippen molar-refractivity contribution in [3.63, 3.8) is 0 Å². The molecule has 0 saturated heterocycles. The summed E-state index contributed by atoms with van der Waals surface area (Å²) in [5.41, 5.74) is 6.28. The zero-order chi connectivity index (χ0) is 8.97. The first-order valence-electron chi connectivity index (χ1n) is 3.70. The molecule has 1 rings (SSSR count). The number of ether oxygens (including phenoxy) is 1. The van der Waals surface area contributed by atoms with Gasteiger partial charge in [-0.05, 0) is 6.07 Å². The molecule has 1 aromatic carbocycles. The monoisotopic (exact) mass is 367 g/mol. The number of rotatable bonds is 2. The van der Waals surface area contributed by atoms with Crippen molar-refractivity contribution in [1.29, 1.82) is 0 Å². The summed E-state index contributed by atoms with van der Waals surface area (Å²) in [6.07, 6.45) is 0. The molecule has 13 heavy (non-hydrogen) atoms. The van der Waals surface area contributed by atoms with Crippen LogP contribution in [0.25, 0.3) is 0 Å². The van der Waals surface area contributed by atoms with Crippen molar-refractivity contribution < 1.29 is 37.2 Å². The van der Waals surface area contributed by atoms with Crippen LogP contribution in [-0.2, 0) is 39.0 Å². The molecule has 0 unspecified atom stereocenters. The Labute approximate surface area is 97.8 Å². The van der Waals surface area contributed by atoms with Crippen molar-refractivity contribution >= 4 is 5.97 Å². The Morgan fingerprint density at radius 2 is 2.08 bits per heavy atom. The minimum Gasteiger partial charge on any atom is -0.426 e. The molecule has 0 aliphatic carbocycles. The molecule has 3 nitrogen and oxygen atoms in total. The van der Waals surface area contributed by atoms with E-state index in [1.165, 1.54) is 6.92 Å². The smallest absolute Gasteiger partial charge is 0.308 e. The fourth-order valence-corrected chi connectivity index (χ4v) is 0.927. The Bertz CT molecular complexity index is 289. The van der Waals surface area contributed by atoms with Gasteiger partial charge in [0.15, 0.2) is 0 Å². The first-order chi connectivity index (χ1) is 5.74. The van der Waals surface area contributed by atoms with Crippen LogP contribution in [0.3, 0.4) is 0 Å². The number of carbonyl (C=O) groups excluding carboxylic acids is 1. The van der Waals surface area contributed by atoms with Crippen LogP contribution in [0.1, 0.15) is 12.5 Å². The van der Waals surface area contributed by atoms with Crippen LogP contribution >= 0.6 is 0 Å². The van der Waals surface area contributed by atoms with E-state index in [1.54, 1.807) is 12.1 Å². The van der Waals surface area contributed by atoms with Crippen LogP contribution in [0.2, 0.25) is 0 Å². The van der Waals surface area contributed by atoms with Gasteiger partial charge < -0.3 is 10.5 Å². The van der Waals surface area contributed by atoms with E-state index in [-0.39, 0.29) is 33.6 Å². The predicted octanol–water partition coefficient (Wildman–Crippen LogP) is 1.07. The Morgan fingerprint density at radius 3 is 2.62 bits per heavy atom. The van der Waals surface area contributed by atoms with E-state index in [0.29, 0.717) is 12.3 Å². The maximum atomic E-state index is 10.6. The summed E-state index contributed by atoms with van der Waals surface area (Å²) in [7, 11) is 0. The van der Waals surface area contributed by atoms with E-state index in [0.717, 1.165) is 5.56 Å². The summed E-state index contributed by atoms with van der Waals surface area (Å²) in [4.78, 5) is 10.6. The van der Waals surface area contributed by atoms with Crippen LogP contribution in [0, 0.1) is 0 Å². The molecule has 0 spiro atoms. The molecule has 0 saturated carbocycles. The van der Waals surface area contributed by atoms with Gasteiger partial charge in [0.25, 0.3) is 0 Å². The molecule has 0 bridgehead atoms. The van der Waals surface area contributed by atoms with E-state index >= 15 is 0 Å². The Hall–Kier alpha value is -0.415. The van der Waals surface area contributed by atoms with E-state index < -0.39 is 0 Å². The van der Waals surface area contributed by atoms with Gasteiger partial charge in [-0.25, -0.2) is 0 Å². The summed E-state index contributed by atoms with van der Waals surface area (Å²) in [5.74, 6) is 0.225. The van der Waals surface area contributed by atoms with Gasteiger partial charge in [0.2, 0.25) is 0 Å². The van der Waals surface area contributed by atoms with Crippen LogP contribution in [0.5, 0.6) is 5.75 Å². The second-order valence-corrected chi connectivity index (χ2v) is 2.41. The van der Waals surface area contributed by atoms with Gasteiger partial charge in [0.05, 0.1) is 0 Å². The van der Waals surface area contributed by atoms with Crippen LogP contribution < -0.4 is 10.5 Å². The quantitative estimate of drug-likeness (QED) is 0.484. The van der Waals surface area contributed by atoms with Crippen LogP contribution in [-0.4, -0.2) is 5.97 Å². The number of nitrogens with two attached hydrogens (primary N) is 1. The fraction of sp³-hybridized carbons (Fsp3) is 0.222. The average Bonchev–Trinajstić information content (AvgIpc) is 2.04. The number of hydrogen-bond acceptors (Lipinski definition) is 3. The zero-order valence-electron chi connectivity index (χ0n) is 7.62. The normalized spacial score (nSPS) is 8.77. The average molecular weight is 366 g/mol. The van der Waals surface area contributed by atoms with E-state index in [9.17, 15) is 4.79 Å². The molecule has 0 amide bonds. The third-order valence-electron chi connectivity index (χ3n) is 1.45. The van der Waals surface area contributed by atoms with Gasteiger partial charge in [-0.3, -0.25) is 4.79 Å². The minimum absolute atomic E-state index is 0. The summed E-state index contributed by atoms with van der Waals surface area (Å²) in [5, 5.41) is 0. The molecule has 0 aliphatic heterocycles. The largest absolute Gasteiger partial charge is 0.426 e. The van der Waals surface area contributed by atoms with Gasteiger partial charge in [0, 0.05) is 46.7 Å². The SMILES string of the molecule is CC(=O)Oc1ccccc1CN.[Hg]. The van der Waals surface area contributed by atoms with Crippen molar-refractivity contribution in [1.82, 2.24) is 0 Å². The summed E-state index contributed by atoms with van der Waals surface area (Å²) < 4.78 is 4.92. The van der Waals surface area contributed by atoms with Gasteiger partial charge in [-0.1, -0.05) is 18.2 Å². The Morgan fingerprint density at radius 1 is 1.46 bits per heavy atom. The standard InChI is InChI=1S/C9H11NO2.Hg/c1-7(11)12-9-5-3-2-4-8(9)6-10;/h2-5H,6,10H2,1H3;. The molecule has 4 heteroatoms. The van der Waals surface area contributed by atoms with E-state index in [1.807, 2.05) is 12.1 Å². The predicted molar refractivity (Wildman–Crippen MR) is 45.6 cm³/mol. The number of benzene rings is 1. The van der Waals surface area contributed by atoms with E-state index in [4.69, 9.17) is 10.5 Å². The minimum atomic E-state index is -0.323. The fourth-order valence-electron chi connectivity index (χ4n) is 0.927. The van der Waals surface area contributed by atoms with Crippen LogP contribution in [0.4, 0.5) is 0 Å². The van der Waals surface area contributed by atoms with Gasteiger partial charge >= 0.3 is 5.97 Å². The Balaban J connectivity index is 0.00000144. The zero-order valence-corrected chi connectivity index (χ0v) is 13.1. The van der Waals surface area contributed by atoms with Crippen LogP contribution in [0.15, 0.2) is 24.3 Å². The molecule has 2 N–H and O–H groups in total. The molecular weight excluding hydrogens is 355 g/mol. The van der Waals surface area contributed by atoms with Crippen molar-refractivity contribution in [2.75, 3.05) is 0 Å². The molecule has 1 aromatic rings. The van der Waals surface area contributed by atoms with Gasteiger partial charge in [-0.15, -0.1) is 0 Å². The molecule has 0 heterocycles. The summed E-state index contributed by atoms with van der Waals surface area (Å²) in [6.45, 7) is 1.75. The molecule has 0 atom stereocenters. The number of esters is 1. The van der Waals surface area contributed by atoms with Crippen molar-refractivity contribution in [2.45, 2.75) is 13.5 Å². The number of para-hydroxylation sites is 1. The van der Waals surface area contributed by atoms with Gasteiger partial charge in [-0.2, -0.15) is 0 Å². The summed E-state index contributed by atoms with van der Waals surface area (Å²) >= 11 is 0. The second-order valence-electron chi connectivity index (χ2n) is 2.41. The third kappa shape index (κ3) is 3.87. The third-order valence-corrected chi connectivity index (χ3v) is 1.45. The second kappa shape index (κ2) is 6.10. The van der Waals surface area contributed by atoms with E-state index in [2.05, 4.69) is 0 Å². The molecule has 66 valence electrons. The molecule has 0 fully saturated rings. The van der Waals surface area contributed by atoms with Gasteiger partial charge in [0.1, 0.15) is 5.75 Å². The number of hydrogen-bond donors (Lipinski definition) is 1. The molecule has 0 aromatic heterocycles. The Kier molecular flexibility index (Phi) is 5.91. The topological polar surface area (TPSA) is 52.3 Å². The molecular formula is C9H11HgNO2.